The topological polar surface area (TPSA) is 63.5 Å². The first-order valence-corrected chi connectivity index (χ1v) is 7.65. The Morgan fingerprint density at radius 2 is 2.00 bits per heavy atom. The molecule has 3 rings (SSSR count). The fraction of sp³-hybridized carbons (Fsp3) is 0.0714. The van der Waals surface area contributed by atoms with E-state index in [1.54, 1.807) is 12.1 Å². The summed E-state index contributed by atoms with van der Waals surface area (Å²) in [4.78, 5) is 25.9. The van der Waals surface area contributed by atoms with E-state index in [9.17, 15) is 14.9 Å². The highest BCUT2D eigenvalue weighted by atomic mass is 79.9. The number of hydrogen-bond acceptors (Lipinski definition) is 4. The van der Waals surface area contributed by atoms with Gasteiger partial charge in [-0.2, -0.15) is 0 Å². The highest BCUT2D eigenvalue weighted by molar-refractivity contribution is 9.10. The Labute approximate surface area is 133 Å². The highest BCUT2D eigenvalue weighted by Gasteiger charge is 2.33. The Hall–Kier alpha value is -1.86. The second kappa shape index (κ2) is 5.16. The molecule has 1 amide bonds. The van der Waals surface area contributed by atoms with Crippen LogP contribution in [0.15, 0.2) is 50.7 Å². The second-order valence-electron chi connectivity index (χ2n) is 4.45. The van der Waals surface area contributed by atoms with Gasteiger partial charge in [0.2, 0.25) is 5.91 Å². The van der Waals surface area contributed by atoms with Crippen LogP contribution in [-0.2, 0) is 4.79 Å². The molecule has 106 valence electrons. The van der Waals surface area contributed by atoms with Crippen LogP contribution < -0.4 is 4.90 Å². The molecule has 0 saturated carbocycles. The third-order valence-electron chi connectivity index (χ3n) is 3.08. The number of anilines is 2. The fourth-order valence-electron chi connectivity index (χ4n) is 2.30. The molecule has 0 radical (unpaired) electrons. The van der Waals surface area contributed by atoms with Gasteiger partial charge >= 0.3 is 0 Å². The number of nitro benzene ring substituents is 1. The number of para-hydroxylation sites is 1. The van der Waals surface area contributed by atoms with Crippen molar-refractivity contribution in [2.75, 3.05) is 4.90 Å². The number of halogens is 1. The van der Waals surface area contributed by atoms with Crippen molar-refractivity contribution < 1.29 is 9.72 Å². The minimum absolute atomic E-state index is 0.0865. The monoisotopic (exact) mass is 364 g/mol. The van der Waals surface area contributed by atoms with Crippen LogP contribution in [0.4, 0.5) is 17.1 Å². The molecule has 0 aliphatic carbocycles. The summed E-state index contributed by atoms with van der Waals surface area (Å²) in [7, 11) is 0. The van der Waals surface area contributed by atoms with Crippen LogP contribution in [0.3, 0.4) is 0 Å². The molecule has 0 saturated heterocycles. The van der Waals surface area contributed by atoms with Gasteiger partial charge in [-0.1, -0.05) is 39.8 Å². The maximum atomic E-state index is 12.1. The van der Waals surface area contributed by atoms with Crippen molar-refractivity contribution in [3.05, 3.63) is 51.0 Å². The van der Waals surface area contributed by atoms with Gasteiger partial charge in [0.1, 0.15) is 5.69 Å². The Balaban J connectivity index is 2.33. The molecule has 1 heterocycles. The molecule has 2 aromatic rings. The lowest BCUT2D eigenvalue weighted by Gasteiger charge is -2.29. The highest BCUT2D eigenvalue weighted by Crippen LogP contribution is 2.52. The molecule has 0 unspecified atom stereocenters. The summed E-state index contributed by atoms with van der Waals surface area (Å²) >= 11 is 4.71. The summed E-state index contributed by atoms with van der Waals surface area (Å²) < 4.78 is 0.614. The first kappa shape index (κ1) is 14.1. The quantitative estimate of drug-likeness (QED) is 0.551. The van der Waals surface area contributed by atoms with Gasteiger partial charge in [0, 0.05) is 27.3 Å². The molecule has 0 N–H and O–H groups in total. The number of rotatable bonds is 1. The Bertz CT molecular complexity index is 779. The van der Waals surface area contributed by atoms with E-state index in [1.165, 1.54) is 29.7 Å². The number of benzene rings is 2. The number of fused-ring (bicyclic) bond motifs is 2. The van der Waals surface area contributed by atoms with Crippen LogP contribution in [0.5, 0.6) is 0 Å². The zero-order valence-corrected chi connectivity index (χ0v) is 13.3. The molecule has 0 fully saturated rings. The van der Waals surface area contributed by atoms with Crippen LogP contribution in [0.2, 0.25) is 0 Å². The zero-order chi connectivity index (χ0) is 15.1. The van der Waals surface area contributed by atoms with E-state index >= 15 is 0 Å². The van der Waals surface area contributed by atoms with E-state index in [0.717, 1.165) is 4.90 Å². The van der Waals surface area contributed by atoms with E-state index in [2.05, 4.69) is 15.9 Å². The van der Waals surface area contributed by atoms with Gasteiger partial charge in [-0.15, -0.1) is 0 Å². The molecular formula is C14H9BrN2O3S. The minimum Gasteiger partial charge on any atom is -0.274 e. The predicted octanol–water partition coefficient (Wildman–Crippen LogP) is 4.51. The zero-order valence-electron chi connectivity index (χ0n) is 10.9. The first-order chi connectivity index (χ1) is 9.99. The van der Waals surface area contributed by atoms with Crippen molar-refractivity contribution in [1.29, 1.82) is 0 Å². The normalized spacial score (nSPS) is 12.6. The molecule has 21 heavy (non-hydrogen) atoms. The van der Waals surface area contributed by atoms with Crippen molar-refractivity contribution in [3.63, 3.8) is 0 Å². The van der Waals surface area contributed by atoms with Crippen LogP contribution in [-0.4, -0.2) is 10.8 Å². The van der Waals surface area contributed by atoms with Crippen molar-refractivity contribution in [3.8, 4) is 0 Å². The lowest BCUT2D eigenvalue weighted by Crippen LogP contribution is -2.26. The SMILES string of the molecule is CC(=O)N1c2ccccc2Sc2cc(Br)cc([N+](=O)[O-])c21. The fourth-order valence-corrected chi connectivity index (χ4v) is 4.02. The van der Waals surface area contributed by atoms with Crippen molar-refractivity contribution in [2.24, 2.45) is 0 Å². The summed E-state index contributed by atoms with van der Waals surface area (Å²) in [5, 5.41) is 11.3. The summed E-state index contributed by atoms with van der Waals surface area (Å²) in [6.45, 7) is 1.41. The van der Waals surface area contributed by atoms with Gasteiger partial charge in [-0.25, -0.2) is 0 Å². The van der Waals surface area contributed by atoms with E-state index < -0.39 is 4.92 Å². The Morgan fingerprint density at radius 1 is 1.29 bits per heavy atom. The molecule has 0 spiro atoms. The number of carbonyl (C=O) groups is 1. The van der Waals surface area contributed by atoms with Gasteiger partial charge < -0.3 is 0 Å². The third kappa shape index (κ3) is 2.32. The summed E-state index contributed by atoms with van der Waals surface area (Å²) in [6, 6.07) is 10.6. The number of hydrogen-bond donors (Lipinski definition) is 0. The van der Waals surface area contributed by atoms with E-state index in [1.807, 2.05) is 18.2 Å². The molecule has 0 aromatic heterocycles. The number of amides is 1. The Kier molecular flexibility index (Phi) is 3.46. The summed E-state index contributed by atoms with van der Waals surface area (Å²) in [6.07, 6.45) is 0. The molecule has 0 atom stereocenters. The van der Waals surface area contributed by atoms with Crippen LogP contribution in [0.1, 0.15) is 6.92 Å². The van der Waals surface area contributed by atoms with Crippen LogP contribution in [0.25, 0.3) is 0 Å². The second-order valence-corrected chi connectivity index (χ2v) is 6.45. The lowest BCUT2D eigenvalue weighted by molar-refractivity contribution is -0.384. The number of carbonyl (C=O) groups excluding carboxylic acids is 1. The van der Waals surface area contributed by atoms with Gasteiger partial charge in [0.25, 0.3) is 5.69 Å². The van der Waals surface area contributed by atoms with Crippen molar-refractivity contribution in [2.45, 2.75) is 16.7 Å². The van der Waals surface area contributed by atoms with Gasteiger partial charge in [-0.3, -0.25) is 19.8 Å². The van der Waals surface area contributed by atoms with Crippen LogP contribution in [0, 0.1) is 10.1 Å². The lowest BCUT2D eigenvalue weighted by atomic mass is 10.2. The van der Waals surface area contributed by atoms with E-state index in [4.69, 9.17) is 0 Å². The predicted molar refractivity (Wildman–Crippen MR) is 84.2 cm³/mol. The first-order valence-electron chi connectivity index (χ1n) is 6.04. The van der Waals surface area contributed by atoms with E-state index in [0.29, 0.717) is 20.7 Å². The Morgan fingerprint density at radius 3 is 2.67 bits per heavy atom. The largest absolute Gasteiger partial charge is 0.295 e. The smallest absolute Gasteiger partial charge is 0.274 e. The summed E-state index contributed by atoms with van der Waals surface area (Å²) in [5.74, 6) is -0.255. The van der Waals surface area contributed by atoms with Crippen LogP contribution >= 0.6 is 27.7 Å². The molecule has 1 aliphatic heterocycles. The number of nitrogens with zero attached hydrogens (tertiary/aromatic N) is 2. The summed E-state index contributed by atoms with van der Waals surface area (Å²) in [5.41, 5.74) is 0.920. The van der Waals surface area contributed by atoms with Gasteiger partial charge in [0.05, 0.1) is 10.6 Å². The average molecular weight is 365 g/mol. The average Bonchev–Trinajstić information content (AvgIpc) is 2.43. The maximum absolute atomic E-state index is 12.1. The maximum Gasteiger partial charge on any atom is 0.295 e. The van der Waals surface area contributed by atoms with Crippen molar-refractivity contribution >= 4 is 50.7 Å². The molecule has 1 aliphatic rings. The van der Waals surface area contributed by atoms with E-state index in [-0.39, 0.29) is 11.6 Å². The van der Waals surface area contributed by atoms with Gasteiger partial charge in [0.15, 0.2) is 0 Å². The van der Waals surface area contributed by atoms with Crippen molar-refractivity contribution in [1.82, 2.24) is 0 Å². The molecule has 0 bridgehead atoms. The molecule has 7 heteroatoms. The molecule has 2 aromatic carbocycles. The minimum atomic E-state index is -0.464. The van der Waals surface area contributed by atoms with Gasteiger partial charge in [-0.05, 0) is 18.2 Å². The standard InChI is InChI=1S/C14H9BrN2O3S/c1-8(18)16-10-4-2-3-5-12(10)21-13-7-9(15)6-11(14(13)16)17(19)20/h2-7H,1H3. The molecule has 5 nitrogen and oxygen atoms in total. The third-order valence-corrected chi connectivity index (χ3v) is 4.63. The number of nitro groups is 1. The molecular weight excluding hydrogens is 356 g/mol.